The van der Waals surface area contributed by atoms with Gasteiger partial charge in [-0.25, -0.2) is 18.0 Å². The number of anilines is 1. The lowest BCUT2D eigenvalue weighted by atomic mass is 10.1. The van der Waals surface area contributed by atoms with Crippen molar-refractivity contribution in [2.75, 3.05) is 19.0 Å². The molecule has 0 bridgehead atoms. The van der Waals surface area contributed by atoms with Crippen molar-refractivity contribution >= 4 is 23.6 Å². The molecule has 0 radical (unpaired) electrons. The Labute approximate surface area is 157 Å². The Kier molecular flexibility index (Phi) is 6.76. The van der Waals surface area contributed by atoms with Crippen LogP contribution in [0.3, 0.4) is 0 Å². The lowest BCUT2D eigenvalue weighted by molar-refractivity contribution is -0.142. The van der Waals surface area contributed by atoms with E-state index >= 15 is 0 Å². The second kappa shape index (κ2) is 9.23. The molecule has 0 aliphatic heterocycles. The number of nitrogens with zero attached hydrogens (tertiary/aromatic N) is 1. The van der Waals surface area contributed by atoms with Crippen LogP contribution in [0.2, 0.25) is 0 Å². The number of nitrogens with one attached hydrogen (secondary N) is 1. The van der Waals surface area contributed by atoms with Gasteiger partial charge in [0.15, 0.2) is 24.1 Å². The standard InChI is InChI=1S/C19H13F3N2O4/c1-27-13-4-2-11(3-5-13)8-12(9-23)19(26)28-10-16(25)24-15-7-6-14(20)17(21)18(15)22/h2-8H,10H2,1H3,(H,24,25)/b12-8+. The summed E-state index contributed by atoms with van der Waals surface area (Å²) in [4.78, 5) is 23.6. The van der Waals surface area contributed by atoms with Crippen molar-refractivity contribution in [2.24, 2.45) is 0 Å². The second-order valence-electron chi connectivity index (χ2n) is 5.29. The number of esters is 1. The largest absolute Gasteiger partial charge is 0.497 e. The van der Waals surface area contributed by atoms with Crippen LogP contribution in [0.1, 0.15) is 5.56 Å². The van der Waals surface area contributed by atoms with E-state index in [4.69, 9.17) is 10.00 Å². The lowest BCUT2D eigenvalue weighted by Crippen LogP contribution is -2.22. The minimum Gasteiger partial charge on any atom is -0.497 e. The van der Waals surface area contributed by atoms with Crippen LogP contribution in [0, 0.1) is 28.8 Å². The van der Waals surface area contributed by atoms with Gasteiger partial charge in [-0.15, -0.1) is 0 Å². The van der Waals surface area contributed by atoms with Gasteiger partial charge < -0.3 is 14.8 Å². The Morgan fingerprint density at radius 3 is 2.39 bits per heavy atom. The molecule has 28 heavy (non-hydrogen) atoms. The van der Waals surface area contributed by atoms with Crippen LogP contribution < -0.4 is 10.1 Å². The predicted molar refractivity (Wildman–Crippen MR) is 92.5 cm³/mol. The zero-order valence-corrected chi connectivity index (χ0v) is 14.5. The van der Waals surface area contributed by atoms with Crippen LogP contribution in [0.25, 0.3) is 6.08 Å². The molecule has 2 aromatic carbocycles. The number of methoxy groups -OCH3 is 1. The topological polar surface area (TPSA) is 88.4 Å². The monoisotopic (exact) mass is 390 g/mol. The highest BCUT2D eigenvalue weighted by molar-refractivity contribution is 6.00. The van der Waals surface area contributed by atoms with E-state index < -0.39 is 41.6 Å². The SMILES string of the molecule is COc1ccc(/C=C(\C#N)C(=O)OCC(=O)Nc2ccc(F)c(F)c2F)cc1. The van der Waals surface area contributed by atoms with Crippen LogP contribution in [-0.2, 0) is 14.3 Å². The first-order valence-corrected chi connectivity index (χ1v) is 7.72. The number of rotatable bonds is 6. The maximum Gasteiger partial charge on any atom is 0.349 e. The molecule has 0 aliphatic carbocycles. The third-order valence-corrected chi connectivity index (χ3v) is 3.41. The fourth-order valence-corrected chi connectivity index (χ4v) is 2.02. The van der Waals surface area contributed by atoms with Crippen molar-refractivity contribution in [2.45, 2.75) is 0 Å². The normalized spacial score (nSPS) is 10.8. The van der Waals surface area contributed by atoms with Gasteiger partial charge in [-0.1, -0.05) is 12.1 Å². The van der Waals surface area contributed by atoms with Crippen molar-refractivity contribution in [1.82, 2.24) is 0 Å². The molecule has 0 saturated heterocycles. The summed E-state index contributed by atoms with van der Waals surface area (Å²) in [6.07, 6.45) is 1.24. The third-order valence-electron chi connectivity index (χ3n) is 3.41. The Morgan fingerprint density at radius 1 is 1.11 bits per heavy atom. The Balaban J connectivity index is 1.99. The molecule has 0 fully saturated rings. The first-order chi connectivity index (χ1) is 13.3. The zero-order valence-electron chi connectivity index (χ0n) is 14.5. The molecule has 2 rings (SSSR count). The van der Waals surface area contributed by atoms with Gasteiger partial charge in [0.2, 0.25) is 0 Å². The van der Waals surface area contributed by atoms with E-state index in [0.29, 0.717) is 17.4 Å². The quantitative estimate of drug-likeness (QED) is 0.354. The van der Waals surface area contributed by atoms with Crippen LogP contribution in [0.5, 0.6) is 5.75 Å². The average Bonchev–Trinajstić information content (AvgIpc) is 2.71. The van der Waals surface area contributed by atoms with Gasteiger partial charge in [0.1, 0.15) is 17.4 Å². The molecular weight excluding hydrogens is 377 g/mol. The van der Waals surface area contributed by atoms with E-state index in [1.807, 2.05) is 5.32 Å². The van der Waals surface area contributed by atoms with Crippen molar-refractivity contribution in [1.29, 1.82) is 5.26 Å². The van der Waals surface area contributed by atoms with Gasteiger partial charge in [0.05, 0.1) is 12.8 Å². The molecule has 1 N–H and O–H groups in total. The minimum atomic E-state index is -1.75. The summed E-state index contributed by atoms with van der Waals surface area (Å²) < 4.78 is 49.2. The summed E-state index contributed by atoms with van der Waals surface area (Å²) in [6.45, 7) is -0.862. The van der Waals surface area contributed by atoms with Crippen molar-refractivity contribution in [3.63, 3.8) is 0 Å². The van der Waals surface area contributed by atoms with E-state index in [1.54, 1.807) is 30.3 Å². The highest BCUT2D eigenvalue weighted by atomic mass is 19.2. The van der Waals surface area contributed by atoms with Gasteiger partial charge in [-0.05, 0) is 35.9 Å². The van der Waals surface area contributed by atoms with E-state index in [2.05, 4.69) is 4.74 Å². The molecule has 0 spiro atoms. The van der Waals surface area contributed by atoms with E-state index in [9.17, 15) is 22.8 Å². The van der Waals surface area contributed by atoms with Crippen molar-refractivity contribution in [3.05, 3.63) is 65.0 Å². The molecule has 0 saturated carbocycles. The molecule has 0 aliphatic rings. The molecule has 1 amide bonds. The molecule has 6 nitrogen and oxygen atoms in total. The number of ether oxygens (including phenoxy) is 2. The molecule has 144 valence electrons. The lowest BCUT2D eigenvalue weighted by Gasteiger charge is -2.08. The highest BCUT2D eigenvalue weighted by Crippen LogP contribution is 2.19. The third kappa shape index (κ3) is 5.11. The molecule has 0 atom stereocenters. The van der Waals surface area contributed by atoms with Gasteiger partial charge in [0.25, 0.3) is 5.91 Å². The van der Waals surface area contributed by atoms with Gasteiger partial charge in [-0.2, -0.15) is 5.26 Å². The summed E-state index contributed by atoms with van der Waals surface area (Å²) in [6, 6.07) is 9.54. The first kappa shape index (κ1) is 20.5. The number of amides is 1. The zero-order chi connectivity index (χ0) is 20.7. The maximum atomic E-state index is 13.5. The highest BCUT2D eigenvalue weighted by Gasteiger charge is 2.17. The molecule has 9 heteroatoms. The summed E-state index contributed by atoms with van der Waals surface area (Å²) in [5.74, 6) is -6.25. The van der Waals surface area contributed by atoms with Crippen molar-refractivity contribution in [3.8, 4) is 11.8 Å². The van der Waals surface area contributed by atoms with Gasteiger partial charge in [-0.3, -0.25) is 4.79 Å². The number of hydrogen-bond acceptors (Lipinski definition) is 5. The van der Waals surface area contributed by atoms with Crippen molar-refractivity contribution < 1.29 is 32.2 Å². The number of hydrogen-bond donors (Lipinski definition) is 1. The van der Waals surface area contributed by atoms with Crippen LogP contribution in [0.4, 0.5) is 18.9 Å². The summed E-state index contributed by atoms with van der Waals surface area (Å²) in [7, 11) is 1.49. The number of halogens is 3. The second-order valence-corrected chi connectivity index (χ2v) is 5.29. The molecule has 0 heterocycles. The fourth-order valence-electron chi connectivity index (χ4n) is 2.02. The van der Waals surface area contributed by atoms with E-state index in [0.717, 1.165) is 6.07 Å². The van der Waals surface area contributed by atoms with Gasteiger partial charge in [0, 0.05) is 0 Å². The minimum absolute atomic E-state index is 0.378. The smallest absolute Gasteiger partial charge is 0.349 e. The number of benzene rings is 2. The summed E-state index contributed by atoms with van der Waals surface area (Å²) >= 11 is 0. The van der Waals surface area contributed by atoms with Crippen LogP contribution in [-0.4, -0.2) is 25.6 Å². The van der Waals surface area contributed by atoms with Crippen LogP contribution in [0.15, 0.2) is 42.0 Å². The first-order valence-electron chi connectivity index (χ1n) is 7.72. The Hall–Kier alpha value is -3.80. The number of nitriles is 1. The predicted octanol–water partition coefficient (Wildman–Crippen LogP) is 3.20. The molecule has 0 aromatic heterocycles. The van der Waals surface area contributed by atoms with Gasteiger partial charge >= 0.3 is 5.97 Å². The Bertz CT molecular complexity index is 966. The average molecular weight is 390 g/mol. The summed E-state index contributed by atoms with van der Waals surface area (Å²) in [5.41, 5.74) is -0.478. The molecule has 0 unspecified atom stereocenters. The van der Waals surface area contributed by atoms with E-state index in [-0.39, 0.29) is 5.57 Å². The number of carbonyl (C=O) groups is 2. The van der Waals surface area contributed by atoms with Crippen LogP contribution >= 0.6 is 0 Å². The summed E-state index contributed by atoms with van der Waals surface area (Å²) in [5, 5.41) is 11.0. The maximum absolute atomic E-state index is 13.5. The van der Waals surface area contributed by atoms with E-state index in [1.165, 1.54) is 13.2 Å². The fraction of sp³-hybridized carbons (Fsp3) is 0.105. The number of carbonyl (C=O) groups excluding carboxylic acids is 2. The molecule has 2 aromatic rings. The Morgan fingerprint density at radius 2 is 1.79 bits per heavy atom. The molecular formula is C19H13F3N2O4.